The van der Waals surface area contributed by atoms with Crippen LogP contribution in [0.5, 0.6) is 0 Å². The summed E-state index contributed by atoms with van der Waals surface area (Å²) in [7, 11) is 0. The summed E-state index contributed by atoms with van der Waals surface area (Å²) < 4.78 is 11.2. The van der Waals surface area contributed by atoms with E-state index in [2.05, 4.69) is 11.6 Å². The van der Waals surface area contributed by atoms with E-state index in [9.17, 15) is 3.07 Å². The van der Waals surface area contributed by atoms with Gasteiger partial charge in [-0.15, -0.1) is 0 Å². The van der Waals surface area contributed by atoms with Crippen molar-refractivity contribution in [3.63, 3.8) is 0 Å². The Morgan fingerprint density at radius 2 is 1.73 bits per heavy atom. The minimum Gasteiger partial charge on any atom is -0.285 e. The fourth-order valence-corrected chi connectivity index (χ4v) is 1.17. The monoisotopic (exact) mass is 284 g/mol. The molecule has 1 aromatic rings. The number of carbonyl (C=O) groups is 1. The first-order valence-corrected chi connectivity index (χ1v) is 5.10. The number of halogens is 2. The molecule has 0 amide bonds. The summed E-state index contributed by atoms with van der Waals surface area (Å²) in [6.45, 7) is 0. The molecular formula is C7H6ClIO2. The Balaban J connectivity index is 0.000000292. The van der Waals surface area contributed by atoms with Gasteiger partial charge in [-0.2, -0.15) is 0 Å². The number of hydrogen-bond acceptors (Lipinski definition) is 2. The summed E-state index contributed by atoms with van der Waals surface area (Å²) in [5.41, 5.74) is 0. The molecule has 1 rings (SSSR count). The van der Waals surface area contributed by atoms with Gasteiger partial charge in [0.25, 0.3) is 0 Å². The SMILES string of the molecule is O=CCl.O=Ic1ccccc1. The van der Waals surface area contributed by atoms with Gasteiger partial charge in [0, 0.05) is 3.57 Å². The van der Waals surface area contributed by atoms with E-state index in [1.807, 2.05) is 30.3 Å². The molecule has 4 heteroatoms. The summed E-state index contributed by atoms with van der Waals surface area (Å²) >= 11 is 3.38. The normalized spacial score (nSPS) is 7.73. The molecule has 0 bridgehead atoms. The molecule has 0 N–H and O–H groups in total. The molecule has 1 aromatic carbocycles. The van der Waals surface area contributed by atoms with E-state index in [-0.39, 0.29) is 5.75 Å². The van der Waals surface area contributed by atoms with Crippen molar-refractivity contribution in [1.82, 2.24) is 0 Å². The maximum absolute atomic E-state index is 10.2. The fraction of sp³-hybridized carbons (Fsp3) is 0. The van der Waals surface area contributed by atoms with Crippen LogP contribution in [0.1, 0.15) is 0 Å². The Morgan fingerprint density at radius 3 is 2.00 bits per heavy atom. The van der Waals surface area contributed by atoms with Gasteiger partial charge in [-0.1, -0.05) is 18.2 Å². The quantitative estimate of drug-likeness (QED) is 0.451. The first kappa shape index (κ1) is 10.7. The lowest BCUT2D eigenvalue weighted by Gasteiger charge is -1.80. The van der Waals surface area contributed by atoms with Gasteiger partial charge in [0.05, 0.1) is 0 Å². The second kappa shape index (κ2) is 7.81. The molecule has 0 heterocycles. The Morgan fingerprint density at radius 1 is 1.27 bits per heavy atom. The van der Waals surface area contributed by atoms with Crippen molar-refractivity contribution in [2.45, 2.75) is 0 Å². The highest BCUT2D eigenvalue weighted by Gasteiger charge is 1.81. The average Bonchev–Trinajstić information content (AvgIpc) is 2.08. The van der Waals surface area contributed by atoms with Crippen LogP contribution in [0.4, 0.5) is 0 Å². The van der Waals surface area contributed by atoms with Crippen LogP contribution in [-0.4, -0.2) is 5.75 Å². The molecule has 0 atom stereocenters. The van der Waals surface area contributed by atoms with Crippen molar-refractivity contribution in [3.05, 3.63) is 33.9 Å². The third-order valence-corrected chi connectivity index (χ3v) is 2.05. The summed E-state index contributed by atoms with van der Waals surface area (Å²) in [5.74, 6) is 0.222. The lowest BCUT2D eigenvalue weighted by molar-refractivity contribution is 0.569. The van der Waals surface area contributed by atoms with Crippen molar-refractivity contribution in [3.8, 4) is 0 Å². The van der Waals surface area contributed by atoms with Crippen LogP contribution in [0.25, 0.3) is 0 Å². The smallest absolute Gasteiger partial charge is 0.208 e. The van der Waals surface area contributed by atoms with E-state index in [1.165, 1.54) is 0 Å². The predicted octanol–water partition coefficient (Wildman–Crippen LogP) is 2.59. The fourth-order valence-electron chi connectivity index (χ4n) is 0.466. The van der Waals surface area contributed by atoms with E-state index in [0.717, 1.165) is 3.57 Å². The van der Waals surface area contributed by atoms with Gasteiger partial charge in [-0.25, -0.2) is 0 Å². The lowest BCUT2D eigenvalue weighted by atomic mass is 10.4. The van der Waals surface area contributed by atoms with Crippen LogP contribution >= 0.6 is 32.8 Å². The minimum absolute atomic E-state index is 0.222. The van der Waals surface area contributed by atoms with E-state index in [0.29, 0.717) is 0 Å². The Bertz CT molecular complexity index is 213. The van der Waals surface area contributed by atoms with Gasteiger partial charge in [0.1, 0.15) is 0 Å². The second-order valence-corrected chi connectivity index (χ2v) is 3.33. The van der Waals surface area contributed by atoms with Crippen molar-refractivity contribution in [2.24, 2.45) is 0 Å². The maximum atomic E-state index is 10.2. The maximum Gasteiger partial charge on any atom is 0.208 e. The Kier molecular flexibility index (Phi) is 7.61. The standard InChI is InChI=1S/C6H5IO.CHClO/c8-7-6-4-2-1-3-5-6;2-1-3/h1-5H;1H. The molecule has 60 valence electrons. The van der Waals surface area contributed by atoms with E-state index in [4.69, 9.17) is 4.79 Å². The summed E-state index contributed by atoms with van der Waals surface area (Å²) in [4.78, 5) is 8.57. The van der Waals surface area contributed by atoms with Crippen LogP contribution in [0.3, 0.4) is 0 Å². The third kappa shape index (κ3) is 6.12. The first-order valence-electron chi connectivity index (χ1n) is 2.71. The first-order chi connectivity index (χ1) is 5.35. The predicted molar refractivity (Wildman–Crippen MR) is 52.4 cm³/mol. The number of benzene rings is 1. The van der Waals surface area contributed by atoms with Gasteiger partial charge in [0.2, 0.25) is 5.75 Å². The van der Waals surface area contributed by atoms with Crippen LogP contribution in [0, 0.1) is 3.57 Å². The molecule has 2 nitrogen and oxygen atoms in total. The summed E-state index contributed by atoms with van der Waals surface area (Å²) in [6, 6.07) is 9.46. The molecule has 0 fully saturated rings. The molecule has 0 radical (unpaired) electrons. The molecule has 0 aromatic heterocycles. The number of hydrogen-bond donors (Lipinski definition) is 0. The topological polar surface area (TPSA) is 34.1 Å². The van der Waals surface area contributed by atoms with Crippen molar-refractivity contribution in [1.29, 1.82) is 0 Å². The highest BCUT2D eigenvalue weighted by atomic mass is 127. The zero-order chi connectivity index (χ0) is 8.53. The second-order valence-electron chi connectivity index (χ2n) is 1.46. The molecule has 0 unspecified atom stereocenters. The zero-order valence-electron chi connectivity index (χ0n) is 5.54. The summed E-state index contributed by atoms with van der Waals surface area (Å²) in [6.07, 6.45) is 0. The van der Waals surface area contributed by atoms with Crippen molar-refractivity contribution < 1.29 is 7.86 Å². The largest absolute Gasteiger partial charge is 0.285 e. The van der Waals surface area contributed by atoms with Crippen molar-refractivity contribution in [2.75, 3.05) is 0 Å². The van der Waals surface area contributed by atoms with E-state index >= 15 is 0 Å². The lowest BCUT2D eigenvalue weighted by Crippen LogP contribution is -1.63. The molecule has 11 heavy (non-hydrogen) atoms. The van der Waals surface area contributed by atoms with Gasteiger partial charge in [0.15, 0.2) is 21.2 Å². The molecule has 0 saturated heterocycles. The number of rotatable bonds is 1. The van der Waals surface area contributed by atoms with Gasteiger partial charge in [-0.05, 0) is 23.7 Å². The van der Waals surface area contributed by atoms with Gasteiger partial charge >= 0.3 is 0 Å². The highest BCUT2D eigenvalue weighted by Crippen LogP contribution is 2.06. The van der Waals surface area contributed by atoms with Gasteiger partial charge in [-0.3, -0.25) is 7.86 Å². The Hall–Kier alpha value is -0.290. The zero-order valence-corrected chi connectivity index (χ0v) is 8.45. The Labute approximate surface area is 80.2 Å². The molecular weight excluding hydrogens is 278 g/mol. The van der Waals surface area contributed by atoms with Crippen molar-refractivity contribution >= 4 is 38.5 Å². The van der Waals surface area contributed by atoms with E-state index in [1.54, 1.807) is 0 Å². The van der Waals surface area contributed by atoms with Crippen LogP contribution in [0.2, 0.25) is 0 Å². The molecule has 0 aliphatic rings. The average molecular weight is 284 g/mol. The van der Waals surface area contributed by atoms with Crippen LogP contribution < -0.4 is 0 Å². The molecule has 0 aliphatic heterocycles. The third-order valence-electron chi connectivity index (χ3n) is 0.822. The van der Waals surface area contributed by atoms with Gasteiger partial charge < -0.3 is 0 Å². The number of carbonyl (C=O) groups excluding carboxylic acids is 1. The van der Waals surface area contributed by atoms with Crippen LogP contribution in [-0.2, 0) is 7.86 Å². The van der Waals surface area contributed by atoms with Crippen LogP contribution in [0.15, 0.2) is 30.3 Å². The molecule has 0 spiro atoms. The minimum atomic E-state index is -0.941. The molecule has 0 aliphatic carbocycles. The summed E-state index contributed by atoms with van der Waals surface area (Å²) in [5, 5.41) is 0. The van der Waals surface area contributed by atoms with E-state index < -0.39 is 21.2 Å². The molecule has 0 saturated carbocycles. The highest BCUT2D eigenvalue weighted by molar-refractivity contribution is 14.1.